The molecule has 0 unspecified atom stereocenters. The van der Waals surface area contributed by atoms with E-state index < -0.39 is 5.97 Å². The standard InChI is InChI=1S/C11H12N2O3/c1-7-4-8(15-2)6-13-10(7)5-9(12-13)11(14)16-3/h4-6H,1-3H3. The summed E-state index contributed by atoms with van der Waals surface area (Å²) in [4.78, 5) is 11.3. The molecule has 0 aliphatic heterocycles. The third-order valence-corrected chi connectivity index (χ3v) is 2.38. The van der Waals surface area contributed by atoms with Gasteiger partial charge in [0.1, 0.15) is 5.75 Å². The van der Waals surface area contributed by atoms with Crippen LogP contribution in [-0.2, 0) is 4.74 Å². The maximum absolute atomic E-state index is 11.3. The number of hydrogen-bond acceptors (Lipinski definition) is 4. The average molecular weight is 220 g/mol. The predicted molar refractivity (Wildman–Crippen MR) is 57.8 cm³/mol. The molecule has 0 fully saturated rings. The van der Waals surface area contributed by atoms with E-state index in [0.717, 1.165) is 11.1 Å². The van der Waals surface area contributed by atoms with E-state index in [4.69, 9.17) is 4.74 Å². The summed E-state index contributed by atoms with van der Waals surface area (Å²) in [5.41, 5.74) is 2.14. The van der Waals surface area contributed by atoms with E-state index in [2.05, 4.69) is 9.84 Å². The molecule has 5 nitrogen and oxygen atoms in total. The van der Waals surface area contributed by atoms with E-state index in [1.54, 1.807) is 23.9 Å². The Morgan fingerprint density at radius 1 is 1.38 bits per heavy atom. The summed E-state index contributed by atoms with van der Waals surface area (Å²) in [5, 5.41) is 4.12. The van der Waals surface area contributed by atoms with E-state index in [1.165, 1.54) is 7.11 Å². The molecule has 0 aliphatic carbocycles. The molecule has 5 heteroatoms. The number of methoxy groups -OCH3 is 2. The molecule has 2 aromatic heterocycles. The molecule has 2 rings (SSSR count). The van der Waals surface area contributed by atoms with Crippen LogP contribution in [0.3, 0.4) is 0 Å². The Hall–Kier alpha value is -2.04. The highest BCUT2D eigenvalue weighted by Crippen LogP contribution is 2.18. The summed E-state index contributed by atoms with van der Waals surface area (Å²) in [6, 6.07) is 3.58. The first-order valence-electron chi connectivity index (χ1n) is 4.78. The summed E-state index contributed by atoms with van der Waals surface area (Å²) in [6.07, 6.45) is 1.72. The smallest absolute Gasteiger partial charge is 0.358 e. The number of aromatic nitrogens is 2. The lowest BCUT2D eigenvalue weighted by Gasteiger charge is -2.02. The van der Waals surface area contributed by atoms with Gasteiger partial charge in [0.2, 0.25) is 0 Å². The number of esters is 1. The monoisotopic (exact) mass is 220 g/mol. The van der Waals surface area contributed by atoms with Crippen LogP contribution in [0.5, 0.6) is 5.75 Å². The normalized spacial score (nSPS) is 10.4. The number of carbonyl (C=O) groups excluding carboxylic acids is 1. The lowest BCUT2D eigenvalue weighted by molar-refractivity contribution is 0.0593. The Kier molecular flexibility index (Phi) is 2.52. The Bertz CT molecular complexity index is 545. The Morgan fingerprint density at radius 3 is 2.75 bits per heavy atom. The highest BCUT2D eigenvalue weighted by molar-refractivity contribution is 5.89. The highest BCUT2D eigenvalue weighted by atomic mass is 16.5. The van der Waals surface area contributed by atoms with Crippen LogP contribution in [0.25, 0.3) is 5.52 Å². The molecule has 2 heterocycles. The van der Waals surface area contributed by atoms with Crippen molar-refractivity contribution in [3.63, 3.8) is 0 Å². The number of ether oxygens (including phenoxy) is 2. The van der Waals surface area contributed by atoms with Crippen LogP contribution in [0.15, 0.2) is 18.3 Å². The maximum atomic E-state index is 11.3. The molecule has 0 aromatic carbocycles. The number of rotatable bonds is 2. The fraction of sp³-hybridized carbons (Fsp3) is 0.273. The zero-order valence-corrected chi connectivity index (χ0v) is 9.35. The third-order valence-electron chi connectivity index (χ3n) is 2.38. The van der Waals surface area contributed by atoms with Gasteiger partial charge < -0.3 is 9.47 Å². The lowest BCUT2D eigenvalue weighted by Crippen LogP contribution is -2.02. The van der Waals surface area contributed by atoms with E-state index in [1.807, 2.05) is 13.0 Å². The van der Waals surface area contributed by atoms with E-state index in [9.17, 15) is 4.79 Å². The van der Waals surface area contributed by atoms with Gasteiger partial charge in [-0.3, -0.25) is 0 Å². The maximum Gasteiger partial charge on any atom is 0.358 e. The zero-order chi connectivity index (χ0) is 11.7. The summed E-state index contributed by atoms with van der Waals surface area (Å²) in [7, 11) is 2.92. The molecule has 0 radical (unpaired) electrons. The van der Waals surface area contributed by atoms with Crippen molar-refractivity contribution in [1.82, 2.24) is 9.61 Å². The Balaban J connectivity index is 2.61. The molecular formula is C11H12N2O3. The largest absolute Gasteiger partial charge is 0.495 e. The molecule has 0 aliphatic rings. The number of nitrogens with zero attached hydrogens (tertiary/aromatic N) is 2. The van der Waals surface area contributed by atoms with Crippen LogP contribution in [0.1, 0.15) is 16.1 Å². The van der Waals surface area contributed by atoms with Crippen molar-refractivity contribution in [3.8, 4) is 5.75 Å². The van der Waals surface area contributed by atoms with Gasteiger partial charge in [0.15, 0.2) is 5.69 Å². The quantitative estimate of drug-likeness (QED) is 0.718. The minimum absolute atomic E-state index is 0.291. The van der Waals surface area contributed by atoms with Crippen molar-refractivity contribution in [2.24, 2.45) is 0 Å². The second-order valence-corrected chi connectivity index (χ2v) is 3.41. The first-order chi connectivity index (χ1) is 7.65. The van der Waals surface area contributed by atoms with Crippen LogP contribution < -0.4 is 4.74 Å². The van der Waals surface area contributed by atoms with Gasteiger partial charge in [-0.25, -0.2) is 9.31 Å². The van der Waals surface area contributed by atoms with E-state index in [0.29, 0.717) is 11.4 Å². The van der Waals surface area contributed by atoms with Crippen LogP contribution >= 0.6 is 0 Å². The minimum Gasteiger partial charge on any atom is -0.495 e. The molecule has 0 bridgehead atoms. The Morgan fingerprint density at radius 2 is 2.12 bits per heavy atom. The van der Waals surface area contributed by atoms with Crippen molar-refractivity contribution >= 4 is 11.5 Å². The van der Waals surface area contributed by atoms with Gasteiger partial charge in [0.25, 0.3) is 0 Å². The molecule has 0 saturated carbocycles. The van der Waals surface area contributed by atoms with Crippen molar-refractivity contribution in [2.75, 3.05) is 14.2 Å². The number of hydrogen-bond donors (Lipinski definition) is 0. The number of carbonyl (C=O) groups is 1. The molecule has 84 valence electrons. The van der Waals surface area contributed by atoms with Gasteiger partial charge in [-0.2, -0.15) is 5.10 Å². The number of fused-ring (bicyclic) bond motifs is 1. The number of pyridine rings is 1. The van der Waals surface area contributed by atoms with Crippen LogP contribution in [0, 0.1) is 6.92 Å². The lowest BCUT2D eigenvalue weighted by atomic mass is 10.2. The van der Waals surface area contributed by atoms with Gasteiger partial charge in [-0.1, -0.05) is 0 Å². The van der Waals surface area contributed by atoms with Crippen molar-refractivity contribution < 1.29 is 14.3 Å². The molecular weight excluding hydrogens is 208 g/mol. The summed E-state index contributed by atoms with van der Waals surface area (Å²) in [5.74, 6) is 0.256. The molecule has 0 atom stereocenters. The molecule has 0 N–H and O–H groups in total. The SMILES string of the molecule is COC(=O)c1cc2c(C)cc(OC)cn2n1. The minimum atomic E-state index is -0.443. The van der Waals surface area contributed by atoms with Gasteiger partial charge in [-0.15, -0.1) is 0 Å². The second kappa shape index (κ2) is 3.84. The predicted octanol–water partition coefficient (Wildman–Crippen LogP) is 1.44. The highest BCUT2D eigenvalue weighted by Gasteiger charge is 2.12. The molecule has 0 spiro atoms. The molecule has 16 heavy (non-hydrogen) atoms. The zero-order valence-electron chi connectivity index (χ0n) is 9.35. The fourth-order valence-electron chi connectivity index (χ4n) is 1.55. The van der Waals surface area contributed by atoms with Gasteiger partial charge in [0.05, 0.1) is 25.9 Å². The Labute approximate surface area is 92.6 Å². The van der Waals surface area contributed by atoms with Crippen molar-refractivity contribution in [3.05, 3.63) is 29.6 Å². The topological polar surface area (TPSA) is 52.8 Å². The second-order valence-electron chi connectivity index (χ2n) is 3.41. The molecule has 0 saturated heterocycles. The van der Waals surface area contributed by atoms with Gasteiger partial charge >= 0.3 is 5.97 Å². The summed E-state index contributed by atoms with van der Waals surface area (Å²) >= 11 is 0. The van der Waals surface area contributed by atoms with Crippen LogP contribution in [0.4, 0.5) is 0 Å². The first-order valence-corrected chi connectivity index (χ1v) is 4.78. The fourth-order valence-corrected chi connectivity index (χ4v) is 1.55. The van der Waals surface area contributed by atoms with Crippen molar-refractivity contribution in [2.45, 2.75) is 6.92 Å². The van der Waals surface area contributed by atoms with Crippen LogP contribution in [0.2, 0.25) is 0 Å². The summed E-state index contributed by atoms with van der Waals surface area (Å²) in [6.45, 7) is 1.93. The average Bonchev–Trinajstić information content (AvgIpc) is 2.72. The van der Waals surface area contributed by atoms with E-state index >= 15 is 0 Å². The van der Waals surface area contributed by atoms with Crippen molar-refractivity contribution in [1.29, 1.82) is 0 Å². The number of aryl methyl sites for hydroxylation is 1. The molecule has 2 aromatic rings. The van der Waals surface area contributed by atoms with E-state index in [-0.39, 0.29) is 0 Å². The van der Waals surface area contributed by atoms with Gasteiger partial charge in [0, 0.05) is 0 Å². The van der Waals surface area contributed by atoms with Crippen LogP contribution in [-0.4, -0.2) is 29.8 Å². The first kappa shape index (κ1) is 10.5. The third kappa shape index (κ3) is 1.60. The summed E-state index contributed by atoms with van der Waals surface area (Å²) < 4.78 is 11.3. The molecule has 0 amide bonds. The van der Waals surface area contributed by atoms with Gasteiger partial charge in [-0.05, 0) is 24.6 Å².